The molecule has 2 aliphatic carbocycles. The van der Waals surface area contributed by atoms with Gasteiger partial charge in [0.25, 0.3) is 0 Å². The third kappa shape index (κ3) is 5.03. The summed E-state index contributed by atoms with van der Waals surface area (Å²) in [6.07, 6.45) is -3.54. The number of carbonyl (C=O) groups is 5. The lowest BCUT2D eigenvalue weighted by Gasteiger charge is -2.57. The van der Waals surface area contributed by atoms with Gasteiger partial charge in [0.15, 0.2) is 11.7 Å². The van der Waals surface area contributed by atoms with Crippen LogP contribution in [0.15, 0.2) is 24.3 Å². The molecule has 4 aliphatic rings. The number of epoxide rings is 1. The lowest BCUT2D eigenvalue weighted by Crippen LogP contribution is -2.72. The molecule has 0 radical (unpaired) electrons. The van der Waals surface area contributed by atoms with Crippen LogP contribution < -0.4 is 0 Å². The molecule has 3 fully saturated rings. The van der Waals surface area contributed by atoms with E-state index in [0.29, 0.717) is 0 Å². The van der Waals surface area contributed by atoms with Crippen molar-refractivity contribution >= 4 is 41.4 Å². The molecule has 4 rings (SSSR count). The number of allylic oxidation sites excluding steroid dienone is 1. The zero-order valence-corrected chi connectivity index (χ0v) is 24.5. The third-order valence-corrected chi connectivity index (χ3v) is 9.28. The molecule has 11 atom stereocenters. The number of halogens is 1. The number of fused-ring (bicyclic) bond motifs is 3. The highest BCUT2D eigenvalue weighted by Gasteiger charge is 2.78. The van der Waals surface area contributed by atoms with Crippen LogP contribution in [0.4, 0.5) is 0 Å². The summed E-state index contributed by atoms with van der Waals surface area (Å²) in [6, 6.07) is 0. The van der Waals surface area contributed by atoms with E-state index >= 15 is 0 Å². The second-order valence-corrected chi connectivity index (χ2v) is 11.9. The Balaban J connectivity index is 2.09. The standard InChI is InChI=1S/C28H35ClO12/c1-12-8-9-18(37-14(3)30)26(7)19(38-15(4)31)10-20(39-16(5)32)27(11-36-27)22(26)24(40-17(6)33)28(35)13(2)25(34)41-23(28)21(12)29/h8-9,13,18-24,35H,1,10-11H2,2-7H3/b9-8-/t13-,18+,19-,20+,21-,22+,23-,24+,26-,27+,28-/m0/s1. The van der Waals surface area contributed by atoms with Crippen molar-refractivity contribution in [3.05, 3.63) is 24.3 Å². The molecule has 1 spiro atoms. The quantitative estimate of drug-likeness (QED) is 0.215. The van der Waals surface area contributed by atoms with Crippen molar-refractivity contribution < 1.29 is 57.5 Å². The number of hydrogen-bond donors (Lipinski definition) is 1. The zero-order valence-electron chi connectivity index (χ0n) is 23.7. The average Bonchev–Trinajstić information content (AvgIpc) is 3.61. The van der Waals surface area contributed by atoms with Crippen molar-refractivity contribution in [2.24, 2.45) is 17.3 Å². The van der Waals surface area contributed by atoms with Gasteiger partial charge in [0.05, 0.1) is 23.3 Å². The van der Waals surface area contributed by atoms with E-state index in [2.05, 4.69) is 6.58 Å². The Kier molecular flexibility index (Phi) is 8.09. The van der Waals surface area contributed by atoms with Crippen LogP contribution in [-0.4, -0.2) is 88.7 Å². The molecule has 0 bridgehead atoms. The first-order valence-electron chi connectivity index (χ1n) is 13.3. The van der Waals surface area contributed by atoms with Gasteiger partial charge in [0.2, 0.25) is 0 Å². The Bertz CT molecular complexity index is 1190. The molecule has 2 saturated heterocycles. The molecule has 0 aromatic rings. The molecule has 0 amide bonds. The van der Waals surface area contributed by atoms with Gasteiger partial charge in [-0.1, -0.05) is 19.6 Å². The van der Waals surface area contributed by atoms with Crippen molar-refractivity contribution in [2.45, 2.75) is 95.1 Å². The summed E-state index contributed by atoms with van der Waals surface area (Å²) < 4.78 is 34.7. The van der Waals surface area contributed by atoms with Gasteiger partial charge in [0, 0.05) is 40.0 Å². The summed E-state index contributed by atoms with van der Waals surface area (Å²) in [5, 5.41) is 11.3. The third-order valence-electron chi connectivity index (χ3n) is 8.77. The summed E-state index contributed by atoms with van der Waals surface area (Å²) in [7, 11) is 0. The van der Waals surface area contributed by atoms with E-state index in [9.17, 15) is 29.1 Å². The summed E-state index contributed by atoms with van der Waals surface area (Å²) >= 11 is 6.73. The van der Waals surface area contributed by atoms with Gasteiger partial charge in [-0.3, -0.25) is 24.0 Å². The fourth-order valence-corrected chi connectivity index (χ4v) is 7.13. The number of hydrogen-bond acceptors (Lipinski definition) is 12. The molecular formula is C28H35ClO12. The largest absolute Gasteiger partial charge is 0.462 e. The maximum atomic E-state index is 13.0. The minimum Gasteiger partial charge on any atom is -0.462 e. The first-order valence-corrected chi connectivity index (χ1v) is 13.7. The minimum atomic E-state index is -2.28. The van der Waals surface area contributed by atoms with Crippen molar-refractivity contribution in [3.8, 4) is 0 Å². The smallest absolute Gasteiger partial charge is 0.312 e. The Morgan fingerprint density at radius 1 is 1.00 bits per heavy atom. The molecule has 1 N–H and O–H groups in total. The molecule has 2 heterocycles. The molecular weight excluding hydrogens is 564 g/mol. The van der Waals surface area contributed by atoms with Gasteiger partial charge in [-0.2, -0.15) is 0 Å². The number of aliphatic hydroxyl groups is 1. The van der Waals surface area contributed by atoms with Crippen molar-refractivity contribution in [2.75, 3.05) is 6.61 Å². The summed E-state index contributed by atoms with van der Waals surface area (Å²) in [4.78, 5) is 62.8. The number of carbonyl (C=O) groups excluding carboxylic acids is 5. The number of ether oxygens (including phenoxy) is 6. The van der Waals surface area contributed by atoms with Crippen molar-refractivity contribution in [3.63, 3.8) is 0 Å². The first kappa shape index (κ1) is 31.0. The molecule has 0 aromatic heterocycles. The Morgan fingerprint density at radius 2 is 1.54 bits per heavy atom. The van der Waals surface area contributed by atoms with E-state index in [-0.39, 0.29) is 18.6 Å². The fraction of sp³-hybridized carbons (Fsp3) is 0.679. The van der Waals surface area contributed by atoms with Crippen LogP contribution in [0.1, 0.15) is 48.0 Å². The van der Waals surface area contributed by atoms with Crippen LogP contribution in [0.5, 0.6) is 0 Å². The molecule has 2 aliphatic heterocycles. The summed E-state index contributed by atoms with van der Waals surface area (Å²) in [5.41, 5.74) is -5.00. The van der Waals surface area contributed by atoms with Gasteiger partial charge in [-0.25, -0.2) is 0 Å². The highest BCUT2D eigenvalue weighted by Crippen LogP contribution is 2.63. The number of alkyl halides is 1. The predicted octanol–water partition coefficient (Wildman–Crippen LogP) is 1.53. The molecule has 0 aromatic carbocycles. The Morgan fingerprint density at radius 3 is 2.05 bits per heavy atom. The molecule has 41 heavy (non-hydrogen) atoms. The van der Waals surface area contributed by atoms with E-state index in [4.69, 9.17) is 40.0 Å². The van der Waals surface area contributed by atoms with Gasteiger partial charge >= 0.3 is 29.8 Å². The van der Waals surface area contributed by atoms with Gasteiger partial charge in [-0.05, 0) is 18.6 Å². The summed E-state index contributed by atoms with van der Waals surface area (Å²) in [6.45, 7) is 11.7. The number of rotatable bonds is 4. The van der Waals surface area contributed by atoms with Crippen LogP contribution in [0.25, 0.3) is 0 Å². The second-order valence-electron chi connectivity index (χ2n) is 11.4. The highest BCUT2D eigenvalue weighted by molar-refractivity contribution is 6.23. The van der Waals surface area contributed by atoms with E-state index in [1.165, 1.54) is 39.8 Å². The predicted molar refractivity (Wildman–Crippen MR) is 139 cm³/mol. The maximum absolute atomic E-state index is 13.0. The topological polar surface area (TPSA) is 164 Å². The van der Waals surface area contributed by atoms with Gasteiger partial charge < -0.3 is 33.5 Å². The minimum absolute atomic E-state index is 0.0206. The van der Waals surface area contributed by atoms with E-state index < -0.39 is 94.2 Å². The molecule has 12 nitrogen and oxygen atoms in total. The SMILES string of the molecule is C=C1/C=C\[C@@H](OC(C)=O)[C@@]2(C)[C@@H](OC(C)=O)C[C@@H](OC(C)=O)[C@]3(CO3)[C@@H]2[C@@H](OC(C)=O)[C@]2(O)[C@@H](C)C(=O)O[C@H]2[C@H]1Cl. The average molecular weight is 599 g/mol. The Hall–Kier alpha value is -2.96. The molecule has 13 heteroatoms. The molecule has 226 valence electrons. The van der Waals surface area contributed by atoms with E-state index in [0.717, 1.165) is 6.92 Å². The van der Waals surface area contributed by atoms with E-state index in [1.807, 2.05) is 0 Å². The van der Waals surface area contributed by atoms with Gasteiger partial charge in [0.1, 0.15) is 30.0 Å². The fourth-order valence-electron chi connectivity index (χ4n) is 6.81. The van der Waals surface area contributed by atoms with Crippen LogP contribution in [-0.2, 0) is 52.4 Å². The van der Waals surface area contributed by atoms with Crippen molar-refractivity contribution in [1.82, 2.24) is 0 Å². The Labute approximate surface area is 242 Å². The lowest BCUT2D eigenvalue weighted by atomic mass is 9.52. The number of esters is 5. The van der Waals surface area contributed by atoms with E-state index in [1.54, 1.807) is 6.92 Å². The van der Waals surface area contributed by atoms with Crippen LogP contribution in [0.3, 0.4) is 0 Å². The van der Waals surface area contributed by atoms with Crippen LogP contribution in [0, 0.1) is 17.3 Å². The maximum Gasteiger partial charge on any atom is 0.312 e. The summed E-state index contributed by atoms with van der Waals surface area (Å²) in [5.74, 6) is -6.15. The van der Waals surface area contributed by atoms with Crippen molar-refractivity contribution in [1.29, 1.82) is 0 Å². The van der Waals surface area contributed by atoms with Crippen LogP contribution >= 0.6 is 11.6 Å². The monoisotopic (exact) mass is 598 g/mol. The zero-order chi connectivity index (χ0) is 30.7. The van der Waals surface area contributed by atoms with Gasteiger partial charge in [-0.15, -0.1) is 11.6 Å². The lowest BCUT2D eigenvalue weighted by molar-refractivity contribution is -0.254. The highest BCUT2D eigenvalue weighted by atomic mass is 35.5. The second kappa shape index (κ2) is 10.7. The normalized spacial score (nSPS) is 44.0. The molecule has 0 unspecified atom stereocenters. The molecule has 1 saturated carbocycles. The van der Waals surface area contributed by atoms with Crippen LogP contribution in [0.2, 0.25) is 0 Å². The first-order chi connectivity index (χ1) is 19.0.